The molecule has 7 rings (SSSR count). The molecule has 2 fully saturated rings. The van der Waals surface area contributed by atoms with Crippen molar-refractivity contribution in [2.75, 3.05) is 31.5 Å². The molecule has 2 aromatic rings. The number of phenols is 3. The number of hydrogen-bond donors (Lipinski definition) is 8. The Labute approximate surface area is 344 Å². The van der Waals surface area contributed by atoms with E-state index in [4.69, 9.17) is 9.47 Å². The number of amides is 1. The van der Waals surface area contributed by atoms with Crippen molar-refractivity contribution in [3.8, 4) is 23.0 Å². The summed E-state index contributed by atoms with van der Waals surface area (Å²) >= 11 is 0. The van der Waals surface area contributed by atoms with Gasteiger partial charge in [0.1, 0.15) is 17.2 Å². The number of nitrogens with one attached hydrogen (secondary N) is 1. The number of carbonyl (C=O) groups is 2. The van der Waals surface area contributed by atoms with E-state index in [0.717, 1.165) is 19.4 Å². The molecular formula is C44H60N4O11. The third-order valence-electron chi connectivity index (χ3n) is 13.0. The molecule has 15 heteroatoms. The van der Waals surface area contributed by atoms with Crippen LogP contribution in [-0.2, 0) is 9.53 Å². The van der Waals surface area contributed by atoms with Crippen molar-refractivity contribution in [2.45, 2.75) is 110 Å². The lowest BCUT2D eigenvalue weighted by Crippen LogP contribution is -2.47. The number of piperazine rings is 1. The quantitative estimate of drug-likeness (QED) is 0.122. The van der Waals surface area contributed by atoms with E-state index >= 15 is 0 Å². The Morgan fingerprint density at radius 3 is 2.12 bits per heavy atom. The lowest BCUT2D eigenvalue weighted by atomic mass is 9.78. The maximum absolute atomic E-state index is 14.3. The van der Waals surface area contributed by atoms with Gasteiger partial charge in [-0.2, -0.15) is 5.10 Å². The molecule has 4 heterocycles. The molecule has 0 spiro atoms. The number of Topliss-reactive ketones (excluding diaryl/α,β-unsaturated/α-hetero) is 1. The Kier molecular flexibility index (Phi) is 13.0. The molecule has 4 aliphatic heterocycles. The molecule has 2 aromatic carbocycles. The van der Waals surface area contributed by atoms with Gasteiger partial charge in [0.25, 0.3) is 11.7 Å². The topological polar surface area (TPSA) is 225 Å². The van der Waals surface area contributed by atoms with Crippen LogP contribution < -0.4 is 10.1 Å². The van der Waals surface area contributed by atoms with Gasteiger partial charge in [-0.1, -0.05) is 58.8 Å². The zero-order valence-electron chi connectivity index (χ0n) is 34.9. The van der Waals surface area contributed by atoms with E-state index in [-0.39, 0.29) is 44.5 Å². The number of anilines is 1. The number of benzene rings is 2. The van der Waals surface area contributed by atoms with Crippen LogP contribution in [0.3, 0.4) is 0 Å². The Hall–Kier alpha value is -4.67. The number of nitrogens with zero attached hydrogens (tertiary/aromatic N) is 3. The van der Waals surface area contributed by atoms with Crippen LogP contribution in [-0.4, -0.2) is 126 Å². The molecule has 1 amide bonds. The van der Waals surface area contributed by atoms with Crippen molar-refractivity contribution < 1.29 is 54.8 Å². The minimum Gasteiger partial charge on any atom is -0.507 e. The molecule has 1 saturated carbocycles. The first-order valence-corrected chi connectivity index (χ1v) is 20.6. The Bertz CT molecular complexity index is 2050. The lowest BCUT2D eigenvalue weighted by molar-refractivity contribution is -0.112. The number of aromatic hydroxyl groups is 3. The van der Waals surface area contributed by atoms with Crippen molar-refractivity contribution in [2.24, 2.45) is 28.8 Å². The highest BCUT2D eigenvalue weighted by atomic mass is 16.7. The van der Waals surface area contributed by atoms with E-state index < -0.39 is 82.8 Å². The van der Waals surface area contributed by atoms with Gasteiger partial charge in [0, 0.05) is 79.3 Å². The normalized spacial score (nSPS) is 33.9. The SMILES string of the molecule is C/C1=C\C=C\[C@H](C)[C@H](O)[C@@H](C)[C@@H](O)[C@@H](C)[C@H](O)[C@H](C)[C@@H](O)/C=C/O[C@@]2(C)Oc3c(C)c(O)c4c(O)c(c(C=NN5CCN(C6CCCC6)CC5)c(O)c4c3C2=O)NC1=O. The van der Waals surface area contributed by atoms with E-state index in [2.05, 4.69) is 15.3 Å². The van der Waals surface area contributed by atoms with E-state index in [1.165, 1.54) is 64.8 Å². The number of aliphatic hydroxyl groups excluding tert-OH is 4. The Balaban J connectivity index is 1.46. The number of aliphatic hydroxyl groups is 4. The number of rotatable bonds is 3. The first-order chi connectivity index (χ1) is 27.9. The van der Waals surface area contributed by atoms with Crippen molar-refractivity contribution in [1.82, 2.24) is 9.91 Å². The van der Waals surface area contributed by atoms with Crippen molar-refractivity contribution in [1.29, 1.82) is 0 Å². The van der Waals surface area contributed by atoms with Gasteiger partial charge in [0.15, 0.2) is 5.75 Å². The summed E-state index contributed by atoms with van der Waals surface area (Å²) in [6, 6.07) is 0.555. The molecule has 1 saturated heterocycles. The van der Waals surface area contributed by atoms with Gasteiger partial charge < -0.3 is 50.5 Å². The summed E-state index contributed by atoms with van der Waals surface area (Å²) in [6.07, 6.45) is 8.40. The van der Waals surface area contributed by atoms with Gasteiger partial charge in [-0.3, -0.25) is 19.5 Å². The van der Waals surface area contributed by atoms with Gasteiger partial charge in [0.05, 0.1) is 59.1 Å². The van der Waals surface area contributed by atoms with Gasteiger partial charge in [0.2, 0.25) is 0 Å². The smallest absolute Gasteiger partial charge is 0.312 e. The zero-order valence-corrected chi connectivity index (χ0v) is 34.9. The molecule has 59 heavy (non-hydrogen) atoms. The van der Waals surface area contributed by atoms with Crippen LogP contribution in [0.25, 0.3) is 10.8 Å². The molecule has 5 aliphatic rings. The van der Waals surface area contributed by atoms with E-state index in [9.17, 15) is 45.3 Å². The number of hydrogen-bond acceptors (Lipinski definition) is 14. The predicted molar refractivity (Wildman–Crippen MR) is 222 cm³/mol. The van der Waals surface area contributed by atoms with Gasteiger partial charge in [-0.05, 0) is 32.8 Å². The molecule has 8 N–H and O–H groups in total. The summed E-state index contributed by atoms with van der Waals surface area (Å²) in [6.45, 7) is 13.7. The molecule has 322 valence electrons. The lowest BCUT2D eigenvalue weighted by Gasteiger charge is -2.36. The van der Waals surface area contributed by atoms with Gasteiger partial charge >= 0.3 is 5.79 Å². The fourth-order valence-corrected chi connectivity index (χ4v) is 8.80. The highest BCUT2D eigenvalue weighted by Crippen LogP contribution is 2.55. The fourth-order valence-electron chi connectivity index (χ4n) is 8.80. The van der Waals surface area contributed by atoms with Crippen LogP contribution in [0.1, 0.15) is 88.7 Å². The van der Waals surface area contributed by atoms with E-state index in [1.807, 2.05) is 5.01 Å². The minimum absolute atomic E-state index is 0.0484. The molecule has 9 atom stereocenters. The number of ether oxygens (including phenoxy) is 2. The average molecular weight is 821 g/mol. The second-order valence-corrected chi connectivity index (χ2v) is 17.0. The van der Waals surface area contributed by atoms with Crippen molar-refractivity contribution >= 4 is 34.4 Å². The van der Waals surface area contributed by atoms with Crippen LogP contribution in [0.5, 0.6) is 23.0 Å². The van der Waals surface area contributed by atoms with E-state index in [0.29, 0.717) is 19.1 Å². The second kappa shape index (κ2) is 17.5. The monoisotopic (exact) mass is 820 g/mol. The van der Waals surface area contributed by atoms with Crippen LogP contribution in [0.15, 0.2) is 41.2 Å². The first kappa shape index (κ1) is 43.9. The number of carbonyl (C=O) groups excluding carboxylic acids is 2. The highest BCUT2D eigenvalue weighted by molar-refractivity contribution is 6.23. The predicted octanol–water partition coefficient (Wildman–Crippen LogP) is 4.42. The van der Waals surface area contributed by atoms with Crippen LogP contribution in [0.4, 0.5) is 5.69 Å². The third kappa shape index (κ3) is 8.40. The largest absolute Gasteiger partial charge is 0.507 e. The standard InChI is InChI=1S/C44H60N4O11/c1-22-11-10-12-23(2)43(57)46-34-29(21-45-48-18-16-47(17-19-48)28-13-8-9-14-28)39(54)31-32(40(34)55)38(53)27(6)41-33(31)42(56)44(7,59-41)58-20-15-30(49)24(3)36(51)26(5)37(52)25(4)35(22)50/h10-12,15,20-22,24-26,28,30,35-37,49-55H,8-9,13-14,16-19H2,1-7H3,(H,46,57)/b11-10+,20-15+,23-12+,45-21?/t22-,24+,25+,26-,30-,35-,36+,37+,44-/m0/s1. The zero-order chi connectivity index (χ0) is 43.1. The van der Waals surface area contributed by atoms with E-state index in [1.54, 1.807) is 39.8 Å². The molecule has 5 bridgehead atoms. The van der Waals surface area contributed by atoms with Crippen LogP contribution in [0, 0.1) is 30.6 Å². The molecule has 1 aliphatic carbocycles. The number of ketones is 1. The summed E-state index contributed by atoms with van der Waals surface area (Å²) < 4.78 is 11.9. The van der Waals surface area contributed by atoms with Crippen molar-refractivity contribution in [3.05, 3.63) is 52.8 Å². The second-order valence-electron chi connectivity index (χ2n) is 17.0. The molecule has 0 unspecified atom stereocenters. The summed E-state index contributed by atoms with van der Waals surface area (Å²) in [4.78, 5) is 30.6. The summed E-state index contributed by atoms with van der Waals surface area (Å²) in [5, 5.41) is 88.8. The summed E-state index contributed by atoms with van der Waals surface area (Å²) in [5.74, 6) is -8.12. The summed E-state index contributed by atoms with van der Waals surface area (Å²) in [5.41, 5.74) is -0.342. The van der Waals surface area contributed by atoms with Gasteiger partial charge in [-0.25, -0.2) is 0 Å². The maximum atomic E-state index is 14.3. The highest BCUT2D eigenvalue weighted by Gasteiger charge is 2.50. The number of phenolic OH excluding ortho intramolecular Hbond substituents is 3. The summed E-state index contributed by atoms with van der Waals surface area (Å²) in [7, 11) is 0. The molecule has 0 radical (unpaired) electrons. The number of hydrazone groups is 1. The average Bonchev–Trinajstić information content (AvgIpc) is 3.85. The third-order valence-corrected chi connectivity index (χ3v) is 13.0. The molecular weight excluding hydrogens is 761 g/mol. The van der Waals surface area contributed by atoms with Gasteiger partial charge in [-0.15, -0.1) is 0 Å². The van der Waals surface area contributed by atoms with Crippen LogP contribution in [0.2, 0.25) is 0 Å². The number of fused-ring (bicyclic) bond motifs is 14. The molecule has 0 aromatic heterocycles. The number of allylic oxidation sites excluding steroid dienone is 2. The maximum Gasteiger partial charge on any atom is 0.312 e. The van der Waals surface area contributed by atoms with Crippen molar-refractivity contribution in [3.63, 3.8) is 0 Å². The first-order valence-electron chi connectivity index (χ1n) is 20.6. The fraction of sp³-hybridized carbons (Fsp3) is 0.568. The minimum atomic E-state index is -2.07. The van der Waals surface area contributed by atoms with Crippen LogP contribution >= 0.6 is 0 Å². The molecule has 15 nitrogen and oxygen atoms in total. The Morgan fingerprint density at radius 2 is 1.46 bits per heavy atom. The Morgan fingerprint density at radius 1 is 0.831 bits per heavy atom.